The highest BCUT2D eigenvalue weighted by Gasteiger charge is 2.20. The van der Waals surface area contributed by atoms with Gasteiger partial charge in [0.2, 0.25) is 0 Å². The van der Waals surface area contributed by atoms with Crippen LogP contribution in [0.4, 0.5) is 0 Å². The maximum absolute atomic E-state index is 8.57. The molecule has 0 bridgehead atoms. The second-order valence-electron chi connectivity index (χ2n) is 2.47. The van der Waals surface area contributed by atoms with E-state index in [2.05, 4.69) is 0 Å². The molecule has 1 rings (SSSR count). The van der Waals surface area contributed by atoms with Crippen molar-refractivity contribution in [3.63, 3.8) is 0 Å². The van der Waals surface area contributed by atoms with E-state index in [0.29, 0.717) is 19.6 Å². The Bertz CT molecular complexity index is 98.6. The molecule has 0 amide bonds. The summed E-state index contributed by atoms with van der Waals surface area (Å²) in [6, 6.07) is 0. The van der Waals surface area contributed by atoms with Gasteiger partial charge in [0.25, 0.3) is 0 Å². The van der Waals surface area contributed by atoms with Crippen molar-refractivity contribution in [3.8, 4) is 0 Å². The van der Waals surface area contributed by atoms with Gasteiger partial charge in [0, 0.05) is 13.7 Å². The van der Waals surface area contributed by atoms with Gasteiger partial charge in [0.15, 0.2) is 6.29 Å². The molecule has 0 aromatic heterocycles. The zero-order chi connectivity index (χ0) is 8.10. The van der Waals surface area contributed by atoms with Crippen LogP contribution in [0.15, 0.2) is 0 Å². The van der Waals surface area contributed by atoms with Crippen LogP contribution in [0.2, 0.25) is 0 Å². The molecule has 2 atom stereocenters. The smallest absolute Gasteiger partial charge is 0.180 e. The lowest BCUT2D eigenvalue weighted by molar-refractivity contribution is -0.226. The third-order valence-electron chi connectivity index (χ3n) is 1.65. The molecule has 1 aliphatic rings. The second-order valence-corrected chi connectivity index (χ2v) is 2.47. The van der Waals surface area contributed by atoms with Crippen LogP contribution < -0.4 is 0 Å². The molecular formula is C7H14O4. The van der Waals surface area contributed by atoms with Gasteiger partial charge in [-0.1, -0.05) is 0 Å². The molecule has 1 fully saturated rings. The van der Waals surface area contributed by atoms with E-state index >= 15 is 0 Å². The van der Waals surface area contributed by atoms with Crippen molar-refractivity contribution in [1.82, 2.24) is 0 Å². The first-order chi connectivity index (χ1) is 5.36. The lowest BCUT2D eigenvalue weighted by Gasteiger charge is -2.27. The van der Waals surface area contributed by atoms with E-state index in [0.717, 1.165) is 0 Å². The molecule has 1 heterocycles. The van der Waals surface area contributed by atoms with Gasteiger partial charge < -0.3 is 19.3 Å². The van der Waals surface area contributed by atoms with Crippen molar-refractivity contribution in [2.75, 3.05) is 26.9 Å². The summed E-state index contributed by atoms with van der Waals surface area (Å²) in [7, 11) is 1.58. The van der Waals surface area contributed by atoms with Crippen LogP contribution in [0.3, 0.4) is 0 Å². The summed E-state index contributed by atoms with van der Waals surface area (Å²) in [6.07, 6.45) is 0.438. The molecular weight excluding hydrogens is 148 g/mol. The molecule has 0 radical (unpaired) electrons. The van der Waals surface area contributed by atoms with E-state index in [-0.39, 0.29) is 19.0 Å². The molecule has 0 saturated carbocycles. The lowest BCUT2D eigenvalue weighted by atomic mass is 10.2. The van der Waals surface area contributed by atoms with Gasteiger partial charge >= 0.3 is 0 Å². The number of hydrogen-bond donors (Lipinski definition) is 1. The largest absolute Gasteiger partial charge is 0.396 e. The van der Waals surface area contributed by atoms with E-state index in [4.69, 9.17) is 19.3 Å². The summed E-state index contributed by atoms with van der Waals surface area (Å²) >= 11 is 0. The number of hydrogen-bond acceptors (Lipinski definition) is 4. The fourth-order valence-electron chi connectivity index (χ4n) is 0.972. The molecule has 0 aromatic rings. The first-order valence-electron chi connectivity index (χ1n) is 3.73. The Kier molecular flexibility index (Phi) is 3.79. The van der Waals surface area contributed by atoms with Crippen molar-refractivity contribution in [2.45, 2.75) is 18.8 Å². The van der Waals surface area contributed by atoms with Gasteiger partial charge in [-0.3, -0.25) is 0 Å². The minimum atomic E-state index is -0.232. The Morgan fingerprint density at radius 3 is 2.73 bits per heavy atom. The van der Waals surface area contributed by atoms with Crippen molar-refractivity contribution < 1.29 is 19.3 Å². The van der Waals surface area contributed by atoms with E-state index < -0.39 is 0 Å². The topological polar surface area (TPSA) is 47.9 Å². The van der Waals surface area contributed by atoms with Crippen LogP contribution in [0.1, 0.15) is 6.42 Å². The standard InChI is InChI=1S/C7H14O4/c1-9-7-5-10-6(2-3-8)4-11-7/h6-8H,2-5H2,1H3/t6?,7-/m1/s1. The van der Waals surface area contributed by atoms with Gasteiger partial charge in [-0.05, 0) is 6.42 Å². The first kappa shape index (κ1) is 8.93. The highest BCUT2D eigenvalue weighted by Crippen LogP contribution is 2.09. The molecule has 4 nitrogen and oxygen atoms in total. The lowest BCUT2D eigenvalue weighted by Crippen LogP contribution is -2.36. The molecule has 1 N–H and O–H groups in total. The minimum absolute atomic E-state index is 0.0337. The Morgan fingerprint density at radius 1 is 1.45 bits per heavy atom. The Balaban J connectivity index is 2.14. The van der Waals surface area contributed by atoms with Crippen molar-refractivity contribution >= 4 is 0 Å². The number of aliphatic hydroxyl groups is 1. The van der Waals surface area contributed by atoms with Crippen molar-refractivity contribution in [1.29, 1.82) is 0 Å². The number of ether oxygens (including phenoxy) is 3. The van der Waals surface area contributed by atoms with Crippen LogP contribution in [0, 0.1) is 0 Å². The maximum atomic E-state index is 8.57. The third-order valence-corrected chi connectivity index (χ3v) is 1.65. The highest BCUT2D eigenvalue weighted by molar-refractivity contribution is 4.61. The zero-order valence-corrected chi connectivity index (χ0v) is 6.66. The monoisotopic (exact) mass is 162 g/mol. The third kappa shape index (κ3) is 2.75. The van der Waals surface area contributed by atoms with Crippen molar-refractivity contribution in [2.24, 2.45) is 0 Å². The molecule has 4 heteroatoms. The first-order valence-corrected chi connectivity index (χ1v) is 3.73. The maximum Gasteiger partial charge on any atom is 0.180 e. The molecule has 66 valence electrons. The van der Waals surface area contributed by atoms with E-state index in [9.17, 15) is 0 Å². The molecule has 1 unspecified atom stereocenters. The fourth-order valence-corrected chi connectivity index (χ4v) is 0.972. The molecule has 0 spiro atoms. The van der Waals surface area contributed by atoms with Crippen LogP contribution in [0.25, 0.3) is 0 Å². The normalized spacial score (nSPS) is 32.2. The van der Waals surface area contributed by atoms with Gasteiger partial charge in [0.05, 0.1) is 19.3 Å². The van der Waals surface area contributed by atoms with Gasteiger partial charge in [0.1, 0.15) is 0 Å². The highest BCUT2D eigenvalue weighted by atomic mass is 16.7. The summed E-state index contributed by atoms with van der Waals surface area (Å²) in [6.45, 7) is 1.12. The predicted octanol–water partition coefficient (Wildman–Crippen LogP) is -0.243. The molecule has 0 aliphatic carbocycles. The summed E-state index contributed by atoms with van der Waals surface area (Å²) in [5, 5.41) is 8.57. The van der Waals surface area contributed by atoms with Crippen LogP contribution >= 0.6 is 0 Å². The molecule has 1 saturated heterocycles. The van der Waals surface area contributed by atoms with Gasteiger partial charge in [-0.2, -0.15) is 0 Å². The van der Waals surface area contributed by atoms with Gasteiger partial charge in [-0.25, -0.2) is 0 Å². The quantitative estimate of drug-likeness (QED) is 0.622. The summed E-state index contributed by atoms with van der Waals surface area (Å²) in [5.74, 6) is 0. The van der Waals surface area contributed by atoms with E-state index in [1.807, 2.05) is 0 Å². The Labute approximate surface area is 66.1 Å². The second kappa shape index (κ2) is 4.66. The SMILES string of the molecule is CO[C@H]1COC(CCO)CO1. The van der Waals surface area contributed by atoms with Gasteiger partial charge in [-0.15, -0.1) is 0 Å². The number of aliphatic hydroxyl groups excluding tert-OH is 1. The van der Waals surface area contributed by atoms with E-state index in [1.165, 1.54) is 0 Å². The minimum Gasteiger partial charge on any atom is -0.396 e. The number of methoxy groups -OCH3 is 1. The predicted molar refractivity (Wildman–Crippen MR) is 38.2 cm³/mol. The summed E-state index contributed by atoms with van der Waals surface area (Å²) in [5.41, 5.74) is 0. The molecule has 0 aromatic carbocycles. The average molecular weight is 162 g/mol. The fraction of sp³-hybridized carbons (Fsp3) is 1.00. The average Bonchev–Trinajstić information content (AvgIpc) is 2.07. The Hall–Kier alpha value is -0.160. The van der Waals surface area contributed by atoms with Crippen LogP contribution in [-0.2, 0) is 14.2 Å². The molecule has 1 aliphatic heterocycles. The van der Waals surface area contributed by atoms with E-state index in [1.54, 1.807) is 7.11 Å². The Morgan fingerprint density at radius 2 is 2.27 bits per heavy atom. The van der Waals surface area contributed by atoms with Crippen LogP contribution in [0.5, 0.6) is 0 Å². The molecule has 11 heavy (non-hydrogen) atoms. The van der Waals surface area contributed by atoms with Crippen LogP contribution in [-0.4, -0.2) is 44.4 Å². The zero-order valence-electron chi connectivity index (χ0n) is 6.66. The van der Waals surface area contributed by atoms with Crippen molar-refractivity contribution in [3.05, 3.63) is 0 Å². The summed E-state index contributed by atoms with van der Waals surface area (Å²) in [4.78, 5) is 0. The number of rotatable bonds is 3. The summed E-state index contributed by atoms with van der Waals surface area (Å²) < 4.78 is 15.5.